The van der Waals surface area contributed by atoms with Gasteiger partial charge in [-0.05, 0) is 45.4 Å². The highest BCUT2D eigenvalue weighted by atomic mass is 32.1. The van der Waals surface area contributed by atoms with Gasteiger partial charge in [0.25, 0.3) is 0 Å². The summed E-state index contributed by atoms with van der Waals surface area (Å²) in [7, 11) is 0. The number of hydrogen-bond donors (Lipinski definition) is 1. The van der Waals surface area contributed by atoms with Crippen molar-refractivity contribution in [1.82, 2.24) is 4.98 Å². The molecule has 0 bridgehead atoms. The van der Waals surface area contributed by atoms with E-state index < -0.39 is 0 Å². The van der Waals surface area contributed by atoms with Crippen LogP contribution in [0.2, 0.25) is 0 Å². The average molecular weight is 252 g/mol. The fourth-order valence-corrected chi connectivity index (χ4v) is 4.12. The van der Waals surface area contributed by atoms with Gasteiger partial charge in [0, 0.05) is 11.5 Å². The zero-order valence-electron chi connectivity index (χ0n) is 10.4. The van der Waals surface area contributed by atoms with Crippen LogP contribution in [0.3, 0.4) is 0 Å². The molecule has 1 aromatic rings. The lowest BCUT2D eigenvalue weighted by Crippen LogP contribution is -2.52. The molecule has 3 nitrogen and oxygen atoms in total. The highest BCUT2D eigenvalue weighted by molar-refractivity contribution is 7.11. The van der Waals surface area contributed by atoms with E-state index in [0.29, 0.717) is 6.10 Å². The smallest absolute Gasteiger partial charge is 0.113 e. The molecule has 3 rings (SSSR count). The van der Waals surface area contributed by atoms with Crippen LogP contribution in [0.1, 0.15) is 48.2 Å². The number of aryl methyl sites for hydroxylation is 2. The number of hydrogen-bond acceptors (Lipinski definition) is 4. The van der Waals surface area contributed by atoms with E-state index >= 15 is 0 Å². The molecule has 1 heterocycles. The van der Waals surface area contributed by atoms with E-state index in [1.807, 2.05) is 18.3 Å². The van der Waals surface area contributed by atoms with Crippen LogP contribution in [-0.2, 0) is 23.1 Å². The summed E-state index contributed by atoms with van der Waals surface area (Å²) in [6.45, 7) is 2.83. The molecule has 2 N–H and O–H groups in total. The van der Waals surface area contributed by atoms with Gasteiger partial charge in [-0.25, -0.2) is 4.98 Å². The molecule has 0 unspecified atom stereocenters. The molecular weight excluding hydrogens is 232 g/mol. The van der Waals surface area contributed by atoms with Crippen molar-refractivity contribution >= 4 is 11.3 Å². The fraction of sp³-hybridized carbons (Fsp3) is 0.769. The predicted octanol–water partition coefficient (Wildman–Crippen LogP) is 2.37. The Morgan fingerprint density at radius 2 is 2.18 bits per heavy atom. The molecule has 0 saturated heterocycles. The Balaban J connectivity index is 1.74. The minimum absolute atomic E-state index is 0.193. The van der Waals surface area contributed by atoms with E-state index in [1.165, 1.54) is 29.8 Å². The van der Waals surface area contributed by atoms with Crippen molar-refractivity contribution in [2.45, 2.75) is 57.1 Å². The van der Waals surface area contributed by atoms with E-state index in [4.69, 9.17) is 15.5 Å². The molecule has 0 spiro atoms. The molecule has 2 aliphatic rings. The molecule has 1 saturated carbocycles. The molecule has 94 valence electrons. The van der Waals surface area contributed by atoms with E-state index in [2.05, 4.69) is 0 Å². The molecule has 0 aromatic carbocycles. The number of nitrogens with zero attached hydrogens (tertiary/aromatic N) is 1. The monoisotopic (exact) mass is 252 g/mol. The Hall–Kier alpha value is -0.450. The normalized spacial score (nSPS) is 32.0. The summed E-state index contributed by atoms with van der Waals surface area (Å²) in [5.74, 6) is 0. The summed E-state index contributed by atoms with van der Waals surface area (Å²) in [6.07, 6.45) is 7.18. The van der Waals surface area contributed by atoms with Crippen LogP contribution in [0.4, 0.5) is 0 Å². The Kier molecular flexibility index (Phi) is 2.97. The molecule has 2 aliphatic carbocycles. The van der Waals surface area contributed by atoms with Crippen molar-refractivity contribution in [1.29, 1.82) is 0 Å². The highest BCUT2D eigenvalue weighted by Gasteiger charge is 2.45. The van der Waals surface area contributed by atoms with Crippen LogP contribution in [0, 0.1) is 0 Å². The standard InChI is InChI=1S/C13H20N2OS/c1-2-16-9-7-13(14,8-9)12-15-10-5-3-4-6-11(10)17-12/h9H,2-8,14H2,1H3. The van der Waals surface area contributed by atoms with Crippen LogP contribution in [0.5, 0.6) is 0 Å². The van der Waals surface area contributed by atoms with E-state index in [1.54, 1.807) is 0 Å². The minimum atomic E-state index is -0.193. The lowest BCUT2D eigenvalue weighted by Gasteiger charge is -2.42. The van der Waals surface area contributed by atoms with E-state index in [9.17, 15) is 0 Å². The third kappa shape index (κ3) is 2.02. The third-order valence-corrected chi connectivity index (χ3v) is 5.24. The first kappa shape index (κ1) is 11.6. The molecule has 4 heteroatoms. The molecule has 0 atom stereocenters. The molecule has 17 heavy (non-hydrogen) atoms. The molecule has 1 fully saturated rings. The van der Waals surface area contributed by atoms with Gasteiger partial charge in [-0.15, -0.1) is 11.3 Å². The minimum Gasteiger partial charge on any atom is -0.378 e. The van der Waals surface area contributed by atoms with Gasteiger partial charge >= 0.3 is 0 Å². The lowest BCUT2D eigenvalue weighted by atomic mass is 9.75. The first-order valence-electron chi connectivity index (χ1n) is 6.61. The maximum absolute atomic E-state index is 6.42. The maximum Gasteiger partial charge on any atom is 0.113 e. The number of rotatable bonds is 3. The number of thiazole rings is 1. The summed E-state index contributed by atoms with van der Waals surface area (Å²) in [4.78, 5) is 6.26. The van der Waals surface area contributed by atoms with Crippen LogP contribution in [-0.4, -0.2) is 17.7 Å². The predicted molar refractivity (Wildman–Crippen MR) is 69.3 cm³/mol. The summed E-state index contributed by atoms with van der Waals surface area (Å²) in [5.41, 5.74) is 7.55. The fourth-order valence-electron chi connectivity index (χ4n) is 2.85. The van der Waals surface area contributed by atoms with Gasteiger partial charge in [-0.1, -0.05) is 0 Å². The van der Waals surface area contributed by atoms with Crippen molar-refractivity contribution < 1.29 is 4.74 Å². The first-order valence-corrected chi connectivity index (χ1v) is 7.42. The second-order valence-electron chi connectivity index (χ2n) is 5.24. The Labute approximate surface area is 106 Å². The number of fused-ring (bicyclic) bond motifs is 1. The molecule has 0 amide bonds. The summed E-state index contributed by atoms with van der Waals surface area (Å²) >= 11 is 1.85. The van der Waals surface area contributed by atoms with Crippen LogP contribution in [0.15, 0.2) is 0 Å². The molecular formula is C13H20N2OS. The van der Waals surface area contributed by atoms with Gasteiger partial charge < -0.3 is 10.5 Å². The largest absolute Gasteiger partial charge is 0.378 e. The molecule has 1 aromatic heterocycles. The van der Waals surface area contributed by atoms with Gasteiger partial charge in [0.15, 0.2) is 0 Å². The van der Waals surface area contributed by atoms with Crippen molar-refractivity contribution in [2.75, 3.05) is 6.61 Å². The third-order valence-electron chi connectivity index (χ3n) is 3.86. The van der Waals surface area contributed by atoms with E-state index in [-0.39, 0.29) is 5.54 Å². The zero-order chi connectivity index (χ0) is 11.9. The Bertz CT molecular complexity index is 386. The Morgan fingerprint density at radius 3 is 2.88 bits per heavy atom. The number of nitrogens with two attached hydrogens (primary N) is 1. The molecule has 0 aliphatic heterocycles. The maximum atomic E-state index is 6.42. The van der Waals surface area contributed by atoms with Gasteiger partial charge in [0.1, 0.15) is 5.01 Å². The second-order valence-corrected chi connectivity index (χ2v) is 6.32. The highest BCUT2D eigenvalue weighted by Crippen LogP contribution is 2.43. The van der Waals surface area contributed by atoms with Gasteiger partial charge in [0.2, 0.25) is 0 Å². The van der Waals surface area contributed by atoms with Crippen molar-refractivity contribution in [3.63, 3.8) is 0 Å². The van der Waals surface area contributed by atoms with Gasteiger partial charge in [-0.2, -0.15) is 0 Å². The van der Waals surface area contributed by atoms with Crippen LogP contribution in [0.25, 0.3) is 0 Å². The first-order chi connectivity index (χ1) is 8.21. The SMILES string of the molecule is CCOC1CC(N)(c2nc3c(s2)CCCC3)C1. The zero-order valence-corrected chi connectivity index (χ0v) is 11.2. The average Bonchev–Trinajstić information content (AvgIpc) is 2.71. The van der Waals surface area contributed by atoms with Gasteiger partial charge in [0.05, 0.1) is 17.3 Å². The van der Waals surface area contributed by atoms with Crippen molar-refractivity contribution in [3.8, 4) is 0 Å². The van der Waals surface area contributed by atoms with E-state index in [0.717, 1.165) is 30.9 Å². The topological polar surface area (TPSA) is 48.1 Å². The van der Waals surface area contributed by atoms with Gasteiger partial charge in [-0.3, -0.25) is 0 Å². The second kappa shape index (κ2) is 4.34. The lowest BCUT2D eigenvalue weighted by molar-refractivity contribution is -0.0393. The van der Waals surface area contributed by atoms with Crippen molar-refractivity contribution in [2.24, 2.45) is 5.73 Å². The Morgan fingerprint density at radius 1 is 1.41 bits per heavy atom. The number of aromatic nitrogens is 1. The van der Waals surface area contributed by atoms with Crippen molar-refractivity contribution in [3.05, 3.63) is 15.6 Å². The summed E-state index contributed by atoms with van der Waals surface area (Å²) < 4.78 is 5.59. The quantitative estimate of drug-likeness (QED) is 0.898. The summed E-state index contributed by atoms with van der Waals surface area (Å²) in [5, 5.41) is 1.15. The van der Waals surface area contributed by atoms with Crippen LogP contribution >= 0.6 is 11.3 Å². The number of ether oxygens (including phenoxy) is 1. The van der Waals surface area contributed by atoms with Crippen LogP contribution < -0.4 is 5.73 Å². The summed E-state index contributed by atoms with van der Waals surface area (Å²) in [6, 6.07) is 0. The molecule has 0 radical (unpaired) electrons.